The number of ether oxygens (including phenoxy) is 1. The highest BCUT2D eigenvalue weighted by Gasteiger charge is 2.06. The maximum atomic E-state index is 10.8. The summed E-state index contributed by atoms with van der Waals surface area (Å²) in [5.74, 6) is 0.543. The van der Waals surface area contributed by atoms with Gasteiger partial charge in [-0.2, -0.15) is 0 Å². The van der Waals surface area contributed by atoms with Crippen LogP contribution in [0.2, 0.25) is 5.02 Å². The molecule has 2 nitrogen and oxygen atoms in total. The molecule has 0 saturated heterocycles. The zero-order valence-corrected chi connectivity index (χ0v) is 9.17. The van der Waals surface area contributed by atoms with E-state index in [9.17, 15) is 4.79 Å². The number of aldehydes is 1. The number of halogens is 1. The Balaban J connectivity index is 2.63. The predicted octanol–water partition coefficient (Wildman–Crippen LogP) is 3.50. The quantitative estimate of drug-likeness (QED) is 0.420. The minimum atomic E-state index is 0.415. The third kappa shape index (κ3) is 3.40. The number of hydrogen-bond donors (Lipinski definition) is 0. The van der Waals surface area contributed by atoms with E-state index in [1.807, 2.05) is 6.08 Å². The number of allylic oxidation sites excluding steroid dienone is 1. The molecule has 0 aliphatic carbocycles. The lowest BCUT2D eigenvalue weighted by Gasteiger charge is -2.08. The van der Waals surface area contributed by atoms with Crippen LogP contribution >= 0.6 is 11.6 Å². The fourth-order valence-electron chi connectivity index (χ4n) is 1.17. The molecule has 0 atom stereocenters. The van der Waals surface area contributed by atoms with Crippen molar-refractivity contribution in [3.05, 3.63) is 41.4 Å². The van der Waals surface area contributed by atoms with Gasteiger partial charge in [0.1, 0.15) is 5.75 Å². The first-order valence-electron chi connectivity index (χ1n) is 4.77. The number of hydrogen-bond acceptors (Lipinski definition) is 2. The number of rotatable bonds is 6. The predicted molar refractivity (Wildman–Crippen MR) is 61.8 cm³/mol. The van der Waals surface area contributed by atoms with Gasteiger partial charge in [0.25, 0.3) is 0 Å². The molecule has 3 heteroatoms. The van der Waals surface area contributed by atoms with E-state index in [2.05, 4.69) is 6.58 Å². The van der Waals surface area contributed by atoms with E-state index in [0.29, 0.717) is 29.2 Å². The summed E-state index contributed by atoms with van der Waals surface area (Å²) < 4.78 is 5.45. The van der Waals surface area contributed by atoms with E-state index in [1.165, 1.54) is 0 Å². The molecule has 0 aliphatic heterocycles. The summed E-state index contributed by atoms with van der Waals surface area (Å²) in [4.78, 5) is 10.8. The minimum Gasteiger partial charge on any atom is -0.493 e. The topological polar surface area (TPSA) is 26.3 Å². The molecule has 0 amide bonds. The third-order valence-electron chi connectivity index (χ3n) is 1.94. The van der Waals surface area contributed by atoms with Gasteiger partial charge >= 0.3 is 0 Å². The summed E-state index contributed by atoms with van der Waals surface area (Å²) in [5.41, 5.74) is 0.415. The standard InChI is InChI=1S/C12H13ClO2/c1-2-3-4-8-15-12-7-5-6-11(13)10(12)9-14/h2,5-7,9H,1,3-4,8H2. The first-order valence-corrected chi connectivity index (χ1v) is 5.14. The van der Waals surface area contributed by atoms with Crippen molar-refractivity contribution in [3.8, 4) is 5.75 Å². The molecule has 0 fully saturated rings. The molecule has 0 N–H and O–H groups in total. The zero-order valence-electron chi connectivity index (χ0n) is 8.41. The Bertz CT molecular complexity index is 347. The van der Waals surface area contributed by atoms with Crippen LogP contribution in [0, 0.1) is 0 Å². The molecule has 80 valence electrons. The Kier molecular flexibility index (Phi) is 4.91. The zero-order chi connectivity index (χ0) is 11.1. The van der Waals surface area contributed by atoms with Gasteiger partial charge in [-0.1, -0.05) is 23.7 Å². The van der Waals surface area contributed by atoms with Crippen LogP contribution in [-0.2, 0) is 0 Å². The molecule has 0 radical (unpaired) electrons. The molecule has 15 heavy (non-hydrogen) atoms. The van der Waals surface area contributed by atoms with E-state index in [4.69, 9.17) is 16.3 Å². The summed E-state index contributed by atoms with van der Waals surface area (Å²) in [6, 6.07) is 5.17. The third-order valence-corrected chi connectivity index (χ3v) is 2.27. The van der Waals surface area contributed by atoms with Crippen LogP contribution in [0.15, 0.2) is 30.9 Å². The average molecular weight is 225 g/mol. The summed E-state index contributed by atoms with van der Waals surface area (Å²) in [5, 5.41) is 0.422. The second kappa shape index (κ2) is 6.25. The van der Waals surface area contributed by atoms with Crippen LogP contribution in [0.5, 0.6) is 5.75 Å². The molecule has 0 saturated carbocycles. The molecule has 0 heterocycles. The SMILES string of the molecule is C=CCCCOc1cccc(Cl)c1C=O. The molecule has 1 aromatic rings. The molecule has 0 spiro atoms. The maximum absolute atomic E-state index is 10.8. The van der Waals surface area contributed by atoms with E-state index in [0.717, 1.165) is 12.8 Å². The van der Waals surface area contributed by atoms with Crippen molar-refractivity contribution in [2.24, 2.45) is 0 Å². The highest BCUT2D eigenvalue weighted by molar-refractivity contribution is 6.33. The fraction of sp³-hybridized carbons (Fsp3) is 0.250. The van der Waals surface area contributed by atoms with E-state index >= 15 is 0 Å². The van der Waals surface area contributed by atoms with Crippen molar-refractivity contribution in [1.29, 1.82) is 0 Å². The van der Waals surface area contributed by atoms with Gasteiger partial charge in [0, 0.05) is 0 Å². The maximum Gasteiger partial charge on any atom is 0.155 e. The van der Waals surface area contributed by atoms with E-state index in [-0.39, 0.29) is 0 Å². The van der Waals surface area contributed by atoms with Crippen molar-refractivity contribution >= 4 is 17.9 Å². The Hall–Kier alpha value is -1.28. The van der Waals surface area contributed by atoms with Gasteiger partial charge in [-0.3, -0.25) is 4.79 Å². The van der Waals surface area contributed by atoms with Crippen LogP contribution in [0.1, 0.15) is 23.2 Å². The van der Waals surface area contributed by atoms with Gasteiger partial charge in [0.05, 0.1) is 17.2 Å². The molecular formula is C12H13ClO2. The van der Waals surface area contributed by atoms with Gasteiger partial charge in [0.15, 0.2) is 6.29 Å². The average Bonchev–Trinajstić information content (AvgIpc) is 2.24. The van der Waals surface area contributed by atoms with E-state index in [1.54, 1.807) is 18.2 Å². The number of unbranched alkanes of at least 4 members (excludes halogenated alkanes) is 1. The summed E-state index contributed by atoms with van der Waals surface area (Å²) in [6.45, 7) is 4.18. The molecule has 0 bridgehead atoms. The van der Waals surface area contributed by atoms with Crippen molar-refractivity contribution in [3.63, 3.8) is 0 Å². The molecule has 0 unspecified atom stereocenters. The number of carbonyl (C=O) groups excluding carboxylic acids is 1. The first-order chi connectivity index (χ1) is 7.29. The molecule has 1 aromatic carbocycles. The van der Waals surface area contributed by atoms with Crippen LogP contribution < -0.4 is 4.74 Å². The van der Waals surface area contributed by atoms with Crippen molar-refractivity contribution in [2.75, 3.05) is 6.61 Å². The Morgan fingerprint density at radius 3 is 2.93 bits per heavy atom. The van der Waals surface area contributed by atoms with Crippen molar-refractivity contribution in [2.45, 2.75) is 12.8 Å². The second-order valence-corrected chi connectivity index (χ2v) is 3.46. The summed E-state index contributed by atoms with van der Waals surface area (Å²) in [7, 11) is 0. The number of carbonyl (C=O) groups is 1. The van der Waals surface area contributed by atoms with Gasteiger partial charge in [-0.25, -0.2) is 0 Å². The summed E-state index contributed by atoms with van der Waals surface area (Å²) in [6.07, 6.45) is 4.33. The lowest BCUT2D eigenvalue weighted by atomic mass is 10.2. The summed E-state index contributed by atoms with van der Waals surface area (Å²) >= 11 is 5.84. The van der Waals surface area contributed by atoms with Crippen molar-refractivity contribution < 1.29 is 9.53 Å². The smallest absolute Gasteiger partial charge is 0.155 e. The Morgan fingerprint density at radius 1 is 1.47 bits per heavy atom. The number of benzene rings is 1. The van der Waals surface area contributed by atoms with Gasteiger partial charge in [-0.15, -0.1) is 6.58 Å². The fourth-order valence-corrected chi connectivity index (χ4v) is 1.38. The minimum absolute atomic E-state index is 0.415. The van der Waals surface area contributed by atoms with Crippen LogP contribution in [0.4, 0.5) is 0 Å². The van der Waals surface area contributed by atoms with Crippen LogP contribution in [0.3, 0.4) is 0 Å². The first kappa shape index (κ1) is 11.8. The van der Waals surface area contributed by atoms with Crippen LogP contribution in [-0.4, -0.2) is 12.9 Å². The molecule has 0 aromatic heterocycles. The van der Waals surface area contributed by atoms with E-state index < -0.39 is 0 Å². The normalized spacial score (nSPS) is 9.67. The highest BCUT2D eigenvalue weighted by Crippen LogP contribution is 2.24. The van der Waals surface area contributed by atoms with Crippen molar-refractivity contribution in [1.82, 2.24) is 0 Å². The van der Waals surface area contributed by atoms with Gasteiger partial charge < -0.3 is 4.74 Å². The van der Waals surface area contributed by atoms with Crippen LogP contribution in [0.25, 0.3) is 0 Å². The highest BCUT2D eigenvalue weighted by atomic mass is 35.5. The Morgan fingerprint density at radius 2 is 2.27 bits per heavy atom. The monoisotopic (exact) mass is 224 g/mol. The lowest BCUT2D eigenvalue weighted by molar-refractivity contribution is 0.111. The molecular weight excluding hydrogens is 212 g/mol. The largest absolute Gasteiger partial charge is 0.493 e. The second-order valence-electron chi connectivity index (χ2n) is 3.05. The van der Waals surface area contributed by atoms with Gasteiger partial charge in [-0.05, 0) is 25.0 Å². The molecule has 0 aliphatic rings. The molecule has 1 rings (SSSR count). The Labute approximate surface area is 94.5 Å². The van der Waals surface area contributed by atoms with Gasteiger partial charge in [0.2, 0.25) is 0 Å². The lowest BCUT2D eigenvalue weighted by Crippen LogP contribution is -1.99.